The fourth-order valence-corrected chi connectivity index (χ4v) is 2.78. The second-order valence-electron chi connectivity index (χ2n) is 6.38. The molecule has 1 fully saturated rings. The molecule has 0 saturated carbocycles. The highest BCUT2D eigenvalue weighted by atomic mass is 16.2. The van der Waals surface area contributed by atoms with Crippen molar-refractivity contribution in [2.75, 3.05) is 19.6 Å². The van der Waals surface area contributed by atoms with Gasteiger partial charge in [0, 0.05) is 19.6 Å². The molecule has 3 heteroatoms. The fraction of sp³-hybridized carbons (Fsp3) is 0.941. The average molecular weight is 282 g/mol. The zero-order valence-corrected chi connectivity index (χ0v) is 13.6. The van der Waals surface area contributed by atoms with Gasteiger partial charge in [0.15, 0.2) is 0 Å². The molecule has 0 atom stereocenters. The van der Waals surface area contributed by atoms with Crippen LogP contribution in [0.3, 0.4) is 0 Å². The number of hydrogen-bond acceptors (Lipinski definition) is 1. The molecule has 0 bridgehead atoms. The highest BCUT2D eigenvalue weighted by molar-refractivity contribution is 5.74. The number of hydrogen-bond donors (Lipinski definition) is 1. The van der Waals surface area contributed by atoms with Crippen molar-refractivity contribution in [1.82, 2.24) is 10.2 Å². The summed E-state index contributed by atoms with van der Waals surface area (Å²) in [6.45, 7) is 7.25. The monoisotopic (exact) mass is 282 g/mol. The Hall–Kier alpha value is -0.730. The van der Waals surface area contributed by atoms with Crippen molar-refractivity contribution in [3.05, 3.63) is 0 Å². The summed E-state index contributed by atoms with van der Waals surface area (Å²) >= 11 is 0. The molecule has 0 aromatic carbocycles. The Morgan fingerprint density at radius 2 is 1.55 bits per heavy atom. The lowest BCUT2D eigenvalue weighted by molar-refractivity contribution is 0.174. The van der Waals surface area contributed by atoms with Crippen LogP contribution in [-0.4, -0.2) is 30.6 Å². The van der Waals surface area contributed by atoms with E-state index in [1.54, 1.807) is 0 Å². The SMILES string of the molecule is CCCCCCCCCCNC(=O)N1CCC(C)CC1. The van der Waals surface area contributed by atoms with Gasteiger partial charge in [0.1, 0.15) is 0 Å². The summed E-state index contributed by atoms with van der Waals surface area (Å²) in [5.74, 6) is 0.784. The first-order valence-electron chi connectivity index (χ1n) is 8.76. The second kappa shape index (κ2) is 11.0. The molecular formula is C17H34N2O. The molecule has 0 spiro atoms. The van der Waals surface area contributed by atoms with Gasteiger partial charge in [-0.3, -0.25) is 0 Å². The van der Waals surface area contributed by atoms with Crippen molar-refractivity contribution in [1.29, 1.82) is 0 Å². The molecule has 1 aliphatic rings. The quantitative estimate of drug-likeness (QED) is 0.617. The topological polar surface area (TPSA) is 32.3 Å². The maximum Gasteiger partial charge on any atom is 0.317 e. The molecule has 0 aromatic heterocycles. The van der Waals surface area contributed by atoms with Gasteiger partial charge in [0.25, 0.3) is 0 Å². The molecule has 2 amide bonds. The van der Waals surface area contributed by atoms with E-state index in [1.165, 1.54) is 44.9 Å². The zero-order valence-electron chi connectivity index (χ0n) is 13.6. The average Bonchev–Trinajstić information content (AvgIpc) is 2.46. The van der Waals surface area contributed by atoms with Gasteiger partial charge in [-0.2, -0.15) is 0 Å². The highest BCUT2D eigenvalue weighted by Gasteiger charge is 2.19. The summed E-state index contributed by atoms with van der Waals surface area (Å²) < 4.78 is 0. The lowest BCUT2D eigenvalue weighted by Crippen LogP contribution is -2.44. The zero-order chi connectivity index (χ0) is 14.6. The van der Waals surface area contributed by atoms with Crippen LogP contribution in [0.25, 0.3) is 0 Å². The van der Waals surface area contributed by atoms with Gasteiger partial charge in [-0.05, 0) is 25.2 Å². The smallest absolute Gasteiger partial charge is 0.317 e. The molecule has 1 heterocycles. The number of nitrogens with one attached hydrogen (secondary N) is 1. The third-order valence-electron chi connectivity index (χ3n) is 4.38. The van der Waals surface area contributed by atoms with Crippen LogP contribution in [0.15, 0.2) is 0 Å². The molecule has 3 nitrogen and oxygen atoms in total. The number of unbranched alkanes of at least 4 members (excludes halogenated alkanes) is 7. The van der Waals surface area contributed by atoms with E-state index in [2.05, 4.69) is 19.2 Å². The van der Waals surface area contributed by atoms with Gasteiger partial charge >= 0.3 is 6.03 Å². The Morgan fingerprint density at radius 1 is 1.00 bits per heavy atom. The normalized spacial score (nSPS) is 16.4. The number of nitrogens with zero attached hydrogens (tertiary/aromatic N) is 1. The third kappa shape index (κ3) is 7.76. The second-order valence-corrected chi connectivity index (χ2v) is 6.38. The molecule has 1 aliphatic heterocycles. The lowest BCUT2D eigenvalue weighted by atomic mass is 10.00. The number of rotatable bonds is 9. The van der Waals surface area contributed by atoms with Crippen molar-refractivity contribution in [2.45, 2.75) is 78.1 Å². The van der Waals surface area contributed by atoms with Gasteiger partial charge < -0.3 is 10.2 Å². The predicted molar refractivity (Wildman–Crippen MR) is 86.0 cm³/mol. The molecule has 1 saturated heterocycles. The maximum atomic E-state index is 11.9. The minimum atomic E-state index is 0.153. The van der Waals surface area contributed by atoms with Crippen LogP contribution in [-0.2, 0) is 0 Å². The Balaban J connectivity index is 1.89. The van der Waals surface area contributed by atoms with Gasteiger partial charge in [-0.25, -0.2) is 4.79 Å². The Bertz CT molecular complexity index is 247. The van der Waals surface area contributed by atoms with E-state index in [0.717, 1.165) is 44.8 Å². The van der Waals surface area contributed by atoms with E-state index < -0.39 is 0 Å². The van der Waals surface area contributed by atoms with Crippen molar-refractivity contribution in [3.8, 4) is 0 Å². The minimum Gasteiger partial charge on any atom is -0.338 e. The standard InChI is InChI=1S/C17H34N2O/c1-3-4-5-6-7-8-9-10-13-18-17(20)19-14-11-16(2)12-15-19/h16H,3-15H2,1-2H3,(H,18,20). The van der Waals surface area contributed by atoms with E-state index in [4.69, 9.17) is 0 Å². The lowest BCUT2D eigenvalue weighted by Gasteiger charge is -2.30. The van der Waals surface area contributed by atoms with Crippen molar-refractivity contribution in [2.24, 2.45) is 5.92 Å². The number of carbonyl (C=O) groups is 1. The van der Waals surface area contributed by atoms with E-state index in [-0.39, 0.29) is 6.03 Å². The Morgan fingerprint density at radius 3 is 2.15 bits per heavy atom. The maximum absolute atomic E-state index is 11.9. The van der Waals surface area contributed by atoms with E-state index in [0.29, 0.717) is 0 Å². The number of amides is 2. The minimum absolute atomic E-state index is 0.153. The van der Waals surface area contributed by atoms with Crippen LogP contribution in [0.2, 0.25) is 0 Å². The summed E-state index contributed by atoms with van der Waals surface area (Å²) in [4.78, 5) is 13.9. The number of likely N-dealkylation sites (tertiary alicyclic amines) is 1. The van der Waals surface area contributed by atoms with Crippen LogP contribution in [0.4, 0.5) is 4.79 Å². The molecule has 118 valence electrons. The molecule has 0 aromatic rings. The van der Waals surface area contributed by atoms with Crippen LogP contribution in [0, 0.1) is 5.92 Å². The van der Waals surface area contributed by atoms with Gasteiger partial charge in [-0.1, -0.05) is 58.8 Å². The number of piperidine rings is 1. The molecule has 20 heavy (non-hydrogen) atoms. The van der Waals surface area contributed by atoms with Crippen LogP contribution in [0.1, 0.15) is 78.1 Å². The summed E-state index contributed by atoms with van der Waals surface area (Å²) in [6.07, 6.45) is 12.8. The highest BCUT2D eigenvalue weighted by Crippen LogP contribution is 2.15. The van der Waals surface area contributed by atoms with Gasteiger partial charge in [-0.15, -0.1) is 0 Å². The third-order valence-corrected chi connectivity index (χ3v) is 4.38. The van der Waals surface area contributed by atoms with Crippen molar-refractivity contribution >= 4 is 6.03 Å². The predicted octanol–water partition coefficient (Wildman–Crippen LogP) is 4.57. The molecule has 0 aliphatic carbocycles. The summed E-state index contributed by atoms with van der Waals surface area (Å²) in [5, 5.41) is 3.07. The largest absolute Gasteiger partial charge is 0.338 e. The van der Waals surface area contributed by atoms with Crippen molar-refractivity contribution in [3.63, 3.8) is 0 Å². The molecule has 0 unspecified atom stereocenters. The molecular weight excluding hydrogens is 248 g/mol. The molecule has 0 radical (unpaired) electrons. The summed E-state index contributed by atoms with van der Waals surface area (Å²) in [7, 11) is 0. The van der Waals surface area contributed by atoms with Crippen molar-refractivity contribution < 1.29 is 4.79 Å². The van der Waals surface area contributed by atoms with Crippen LogP contribution in [0.5, 0.6) is 0 Å². The first-order chi connectivity index (χ1) is 9.74. The van der Waals surface area contributed by atoms with E-state index in [9.17, 15) is 4.79 Å². The number of carbonyl (C=O) groups excluding carboxylic acids is 1. The first kappa shape index (κ1) is 17.3. The fourth-order valence-electron chi connectivity index (χ4n) is 2.78. The van der Waals surface area contributed by atoms with E-state index >= 15 is 0 Å². The van der Waals surface area contributed by atoms with Crippen LogP contribution < -0.4 is 5.32 Å². The van der Waals surface area contributed by atoms with Crippen LogP contribution >= 0.6 is 0 Å². The van der Waals surface area contributed by atoms with Gasteiger partial charge in [0.05, 0.1) is 0 Å². The molecule has 1 N–H and O–H groups in total. The number of urea groups is 1. The first-order valence-corrected chi connectivity index (χ1v) is 8.76. The summed E-state index contributed by atoms with van der Waals surface area (Å²) in [5.41, 5.74) is 0. The molecule has 1 rings (SSSR count). The summed E-state index contributed by atoms with van der Waals surface area (Å²) in [6, 6.07) is 0.153. The van der Waals surface area contributed by atoms with Gasteiger partial charge in [0.2, 0.25) is 0 Å². The Labute approximate surface area is 125 Å². The van der Waals surface area contributed by atoms with E-state index in [1.807, 2.05) is 4.90 Å². The Kier molecular flexibility index (Phi) is 9.52.